The number of rotatable bonds is 54. The first-order valence-corrected chi connectivity index (χ1v) is 29.5. The Morgan fingerprint density at radius 1 is 0.313 bits per heavy atom. The molecule has 0 amide bonds. The molecule has 0 radical (unpaired) electrons. The second-order valence-corrected chi connectivity index (χ2v) is 19.9. The number of hydrogen-bond acceptors (Lipinski definition) is 6. The zero-order valence-corrected chi connectivity index (χ0v) is 44.9. The quantitative estimate of drug-likeness (QED) is 0.0262. The van der Waals surface area contributed by atoms with E-state index in [2.05, 4.69) is 57.2 Å². The predicted molar refractivity (Wildman–Crippen MR) is 289 cm³/mol. The summed E-state index contributed by atoms with van der Waals surface area (Å²) in [4.78, 5) is 37.8. The van der Waals surface area contributed by atoms with E-state index in [9.17, 15) is 14.4 Å². The van der Waals surface area contributed by atoms with Gasteiger partial charge in [-0.3, -0.25) is 14.4 Å². The third-order valence-corrected chi connectivity index (χ3v) is 13.2. The van der Waals surface area contributed by atoms with E-state index in [0.717, 1.165) is 83.5 Å². The van der Waals surface area contributed by atoms with Gasteiger partial charge in [0.25, 0.3) is 0 Å². The van der Waals surface area contributed by atoms with Gasteiger partial charge >= 0.3 is 17.9 Å². The second-order valence-electron chi connectivity index (χ2n) is 19.9. The summed E-state index contributed by atoms with van der Waals surface area (Å²) in [5.74, 6) is -0.908. The number of unbranched alkanes of at least 4 members (excludes halogenated alkanes) is 37. The summed E-state index contributed by atoms with van der Waals surface area (Å²) in [5.41, 5.74) is 0. The number of esters is 3. The summed E-state index contributed by atoms with van der Waals surface area (Å²) in [6.07, 6.45) is 67.8. The molecular weight excluding hydrogens is 829 g/mol. The second kappa shape index (κ2) is 56.2. The highest BCUT2D eigenvalue weighted by molar-refractivity contribution is 5.71. The standard InChI is InChI=1S/C61H112O6/c1-4-7-10-13-16-18-20-22-23-24-25-26-27-28-29-30-31-32-33-34-35-36-37-38-40-41-43-45-48-51-54-60(63)66-57-58(56-65-59(62)53-50-47-15-12-9-6-3)67-61(64)55-52-49-46-44-42-39-21-19-17-14-11-8-5-2/h8,11,17,19,39,42,58H,4-7,9-10,12-16,18,20-38,40-41,43-57H2,1-3H3/b11-8-,19-17-,42-39-. The summed E-state index contributed by atoms with van der Waals surface area (Å²) in [6.45, 7) is 6.47. The Labute approximate surface area is 416 Å². The van der Waals surface area contributed by atoms with E-state index in [4.69, 9.17) is 14.2 Å². The topological polar surface area (TPSA) is 78.9 Å². The molecule has 0 aromatic heterocycles. The molecule has 67 heavy (non-hydrogen) atoms. The molecule has 0 spiro atoms. The van der Waals surface area contributed by atoms with Gasteiger partial charge in [0.1, 0.15) is 13.2 Å². The zero-order valence-electron chi connectivity index (χ0n) is 44.9. The van der Waals surface area contributed by atoms with Crippen LogP contribution in [0.5, 0.6) is 0 Å². The Balaban J connectivity index is 3.94. The van der Waals surface area contributed by atoms with Crippen molar-refractivity contribution in [2.45, 2.75) is 322 Å². The predicted octanol–water partition coefficient (Wildman–Crippen LogP) is 19.7. The van der Waals surface area contributed by atoms with Gasteiger partial charge in [-0.15, -0.1) is 0 Å². The van der Waals surface area contributed by atoms with Gasteiger partial charge in [0.05, 0.1) is 0 Å². The van der Waals surface area contributed by atoms with E-state index in [1.54, 1.807) is 0 Å². The third kappa shape index (κ3) is 54.4. The maximum absolute atomic E-state index is 12.7. The SMILES string of the molecule is CC/C=C\C/C=C\C/C=C\CCCCCC(=O)OC(COC(=O)CCCCCCCC)COC(=O)CCCCCCCCCCCCCCCCCCCCCCCCCCCCCCCC. The van der Waals surface area contributed by atoms with Crippen molar-refractivity contribution in [1.29, 1.82) is 0 Å². The lowest BCUT2D eigenvalue weighted by Crippen LogP contribution is -2.30. The van der Waals surface area contributed by atoms with Crippen LogP contribution in [0.25, 0.3) is 0 Å². The number of carbonyl (C=O) groups excluding carboxylic acids is 3. The molecule has 0 saturated carbocycles. The highest BCUT2D eigenvalue weighted by Crippen LogP contribution is 2.18. The summed E-state index contributed by atoms with van der Waals surface area (Å²) < 4.78 is 16.7. The molecule has 1 unspecified atom stereocenters. The average molecular weight is 942 g/mol. The van der Waals surface area contributed by atoms with Crippen LogP contribution < -0.4 is 0 Å². The van der Waals surface area contributed by atoms with Gasteiger partial charge in [0.2, 0.25) is 0 Å². The monoisotopic (exact) mass is 941 g/mol. The van der Waals surface area contributed by atoms with Crippen molar-refractivity contribution in [2.75, 3.05) is 13.2 Å². The first-order valence-electron chi connectivity index (χ1n) is 29.5. The fourth-order valence-electron chi connectivity index (χ4n) is 8.75. The molecule has 0 aromatic carbocycles. The highest BCUT2D eigenvalue weighted by Gasteiger charge is 2.19. The van der Waals surface area contributed by atoms with Gasteiger partial charge in [0.15, 0.2) is 6.10 Å². The van der Waals surface area contributed by atoms with Crippen LogP contribution in [-0.2, 0) is 28.6 Å². The van der Waals surface area contributed by atoms with Crippen molar-refractivity contribution >= 4 is 17.9 Å². The van der Waals surface area contributed by atoms with E-state index in [0.29, 0.717) is 19.3 Å². The number of ether oxygens (including phenoxy) is 3. The molecule has 0 saturated heterocycles. The molecule has 0 heterocycles. The van der Waals surface area contributed by atoms with Crippen molar-refractivity contribution in [2.24, 2.45) is 0 Å². The smallest absolute Gasteiger partial charge is 0.306 e. The van der Waals surface area contributed by atoms with Crippen molar-refractivity contribution in [1.82, 2.24) is 0 Å². The van der Waals surface area contributed by atoms with E-state index >= 15 is 0 Å². The number of allylic oxidation sites excluding steroid dienone is 6. The average Bonchev–Trinajstić information content (AvgIpc) is 3.33. The van der Waals surface area contributed by atoms with Crippen LogP contribution in [0.4, 0.5) is 0 Å². The van der Waals surface area contributed by atoms with Crippen molar-refractivity contribution in [3.63, 3.8) is 0 Å². The van der Waals surface area contributed by atoms with Crippen LogP contribution in [0.1, 0.15) is 316 Å². The first-order chi connectivity index (χ1) is 33.0. The van der Waals surface area contributed by atoms with Gasteiger partial charge < -0.3 is 14.2 Å². The maximum Gasteiger partial charge on any atom is 0.306 e. The fraction of sp³-hybridized carbons (Fsp3) is 0.852. The molecule has 0 rings (SSSR count). The van der Waals surface area contributed by atoms with Crippen LogP contribution in [0, 0.1) is 0 Å². The molecule has 6 heteroatoms. The van der Waals surface area contributed by atoms with Crippen LogP contribution in [0.2, 0.25) is 0 Å². The first kappa shape index (κ1) is 64.6. The lowest BCUT2D eigenvalue weighted by molar-refractivity contribution is -0.167. The Morgan fingerprint density at radius 2 is 0.582 bits per heavy atom. The molecule has 0 aliphatic rings. The molecule has 0 N–H and O–H groups in total. The van der Waals surface area contributed by atoms with Gasteiger partial charge in [-0.1, -0.05) is 282 Å². The molecule has 0 bridgehead atoms. The van der Waals surface area contributed by atoms with Gasteiger partial charge in [-0.05, 0) is 51.4 Å². The van der Waals surface area contributed by atoms with Crippen LogP contribution in [0.3, 0.4) is 0 Å². The molecule has 0 aromatic rings. The molecule has 0 aliphatic carbocycles. The summed E-state index contributed by atoms with van der Waals surface area (Å²) in [5, 5.41) is 0. The van der Waals surface area contributed by atoms with E-state index in [1.165, 1.54) is 193 Å². The Kier molecular flexibility index (Phi) is 54.2. The fourth-order valence-corrected chi connectivity index (χ4v) is 8.75. The molecule has 0 aliphatic heterocycles. The normalized spacial score (nSPS) is 12.2. The van der Waals surface area contributed by atoms with E-state index in [1.807, 2.05) is 0 Å². The Bertz CT molecular complexity index is 1130. The largest absolute Gasteiger partial charge is 0.462 e. The molecule has 0 fully saturated rings. The molecule has 392 valence electrons. The molecule has 1 atom stereocenters. The summed E-state index contributed by atoms with van der Waals surface area (Å²) in [7, 11) is 0. The minimum atomic E-state index is -0.781. The third-order valence-electron chi connectivity index (χ3n) is 13.2. The minimum absolute atomic E-state index is 0.0808. The zero-order chi connectivity index (χ0) is 48.6. The minimum Gasteiger partial charge on any atom is -0.462 e. The highest BCUT2D eigenvalue weighted by atomic mass is 16.6. The van der Waals surface area contributed by atoms with Crippen LogP contribution in [0.15, 0.2) is 36.5 Å². The lowest BCUT2D eigenvalue weighted by Gasteiger charge is -2.18. The number of hydrogen-bond donors (Lipinski definition) is 0. The van der Waals surface area contributed by atoms with Gasteiger partial charge in [-0.25, -0.2) is 0 Å². The maximum atomic E-state index is 12.7. The van der Waals surface area contributed by atoms with E-state index in [-0.39, 0.29) is 31.1 Å². The molecular formula is C61H112O6. The van der Waals surface area contributed by atoms with Gasteiger partial charge in [0, 0.05) is 19.3 Å². The van der Waals surface area contributed by atoms with Crippen molar-refractivity contribution < 1.29 is 28.6 Å². The molecule has 6 nitrogen and oxygen atoms in total. The Hall–Kier alpha value is -2.37. The van der Waals surface area contributed by atoms with Gasteiger partial charge in [-0.2, -0.15) is 0 Å². The van der Waals surface area contributed by atoms with Crippen molar-refractivity contribution in [3.8, 4) is 0 Å². The Morgan fingerprint density at radius 3 is 0.910 bits per heavy atom. The summed E-state index contributed by atoms with van der Waals surface area (Å²) in [6, 6.07) is 0. The van der Waals surface area contributed by atoms with Crippen LogP contribution >= 0.6 is 0 Å². The van der Waals surface area contributed by atoms with Crippen molar-refractivity contribution in [3.05, 3.63) is 36.5 Å². The lowest BCUT2D eigenvalue weighted by atomic mass is 10.0. The number of carbonyl (C=O) groups is 3. The van der Waals surface area contributed by atoms with E-state index < -0.39 is 6.10 Å². The summed E-state index contributed by atoms with van der Waals surface area (Å²) >= 11 is 0. The van der Waals surface area contributed by atoms with Crippen LogP contribution in [-0.4, -0.2) is 37.2 Å².